The first-order chi connectivity index (χ1) is 10.6. The molecule has 0 spiro atoms. The Kier molecular flexibility index (Phi) is 4.84. The van der Waals surface area contributed by atoms with Crippen LogP contribution >= 0.6 is 0 Å². The van der Waals surface area contributed by atoms with Crippen molar-refractivity contribution in [3.63, 3.8) is 0 Å². The molecule has 0 unspecified atom stereocenters. The molecule has 1 aromatic rings. The molecule has 3 rings (SSSR count). The SMILES string of the molecule is C[C@@H]1CN(C(=O)C2CCN(Cc3ccco3)CC2)C[C@H](C)O1. The highest BCUT2D eigenvalue weighted by Crippen LogP contribution is 2.23. The number of piperidine rings is 1. The zero-order valence-corrected chi connectivity index (χ0v) is 13.5. The number of ether oxygens (including phenoxy) is 1. The number of carbonyl (C=O) groups excluding carboxylic acids is 1. The standard InChI is InChI=1S/C17H26N2O3/c1-13-10-19(11-14(2)22-13)17(20)15-5-7-18(8-6-15)12-16-4-3-9-21-16/h3-4,9,13-15H,5-8,10-12H2,1-2H3/t13-,14+. The lowest BCUT2D eigenvalue weighted by atomic mass is 9.94. The van der Waals surface area contributed by atoms with Crippen LogP contribution in [0.3, 0.4) is 0 Å². The maximum atomic E-state index is 12.7. The maximum Gasteiger partial charge on any atom is 0.225 e. The molecule has 2 atom stereocenters. The average molecular weight is 306 g/mol. The molecule has 0 saturated carbocycles. The van der Waals surface area contributed by atoms with Crippen LogP contribution in [0.5, 0.6) is 0 Å². The number of hydrogen-bond donors (Lipinski definition) is 0. The molecule has 5 nitrogen and oxygen atoms in total. The monoisotopic (exact) mass is 306 g/mol. The van der Waals surface area contributed by atoms with Gasteiger partial charge in [0, 0.05) is 19.0 Å². The quantitative estimate of drug-likeness (QED) is 0.858. The van der Waals surface area contributed by atoms with Gasteiger partial charge in [0.25, 0.3) is 0 Å². The molecule has 0 N–H and O–H groups in total. The second-order valence-electron chi connectivity index (χ2n) is 6.63. The van der Waals surface area contributed by atoms with Crippen molar-refractivity contribution >= 4 is 5.91 Å². The van der Waals surface area contributed by atoms with Crippen LogP contribution in [-0.4, -0.2) is 54.1 Å². The summed E-state index contributed by atoms with van der Waals surface area (Å²) in [6.07, 6.45) is 3.89. The van der Waals surface area contributed by atoms with Crippen molar-refractivity contribution in [2.75, 3.05) is 26.2 Å². The highest BCUT2D eigenvalue weighted by atomic mass is 16.5. The van der Waals surface area contributed by atoms with E-state index < -0.39 is 0 Å². The molecule has 5 heteroatoms. The van der Waals surface area contributed by atoms with E-state index in [4.69, 9.17) is 9.15 Å². The number of carbonyl (C=O) groups is 1. The van der Waals surface area contributed by atoms with Crippen molar-refractivity contribution in [3.05, 3.63) is 24.2 Å². The topological polar surface area (TPSA) is 45.9 Å². The number of hydrogen-bond acceptors (Lipinski definition) is 4. The van der Waals surface area contributed by atoms with Crippen molar-refractivity contribution < 1.29 is 13.9 Å². The van der Waals surface area contributed by atoms with Gasteiger partial charge in [-0.15, -0.1) is 0 Å². The van der Waals surface area contributed by atoms with Gasteiger partial charge in [0.15, 0.2) is 0 Å². The third-order valence-electron chi connectivity index (χ3n) is 4.63. The van der Waals surface area contributed by atoms with Gasteiger partial charge in [-0.3, -0.25) is 9.69 Å². The summed E-state index contributed by atoms with van der Waals surface area (Å²) < 4.78 is 11.1. The van der Waals surface area contributed by atoms with E-state index in [0.717, 1.165) is 51.3 Å². The lowest BCUT2D eigenvalue weighted by molar-refractivity contribution is -0.148. The Balaban J connectivity index is 1.49. The summed E-state index contributed by atoms with van der Waals surface area (Å²) in [7, 11) is 0. The minimum atomic E-state index is 0.145. The maximum absolute atomic E-state index is 12.7. The number of nitrogens with zero attached hydrogens (tertiary/aromatic N) is 2. The molecule has 0 radical (unpaired) electrons. The van der Waals surface area contributed by atoms with Crippen LogP contribution in [0.1, 0.15) is 32.4 Å². The number of morpholine rings is 1. The number of likely N-dealkylation sites (tertiary alicyclic amines) is 1. The highest BCUT2D eigenvalue weighted by Gasteiger charge is 2.32. The van der Waals surface area contributed by atoms with Gasteiger partial charge in [0.05, 0.1) is 25.0 Å². The van der Waals surface area contributed by atoms with Gasteiger partial charge in [-0.1, -0.05) is 0 Å². The zero-order valence-electron chi connectivity index (χ0n) is 13.5. The molecule has 1 amide bonds. The van der Waals surface area contributed by atoms with Crippen LogP contribution in [0.4, 0.5) is 0 Å². The third kappa shape index (κ3) is 3.70. The van der Waals surface area contributed by atoms with Gasteiger partial charge in [-0.25, -0.2) is 0 Å². The van der Waals surface area contributed by atoms with Crippen molar-refractivity contribution in [1.82, 2.24) is 9.80 Å². The second kappa shape index (κ2) is 6.84. The van der Waals surface area contributed by atoms with Crippen molar-refractivity contribution in [2.45, 2.75) is 45.4 Å². The van der Waals surface area contributed by atoms with Crippen molar-refractivity contribution in [1.29, 1.82) is 0 Å². The van der Waals surface area contributed by atoms with E-state index in [9.17, 15) is 4.79 Å². The summed E-state index contributed by atoms with van der Waals surface area (Å²) in [4.78, 5) is 17.1. The average Bonchev–Trinajstić information content (AvgIpc) is 2.99. The Morgan fingerprint density at radius 2 is 1.91 bits per heavy atom. The van der Waals surface area contributed by atoms with Gasteiger partial charge in [0.1, 0.15) is 5.76 Å². The van der Waals surface area contributed by atoms with Crippen molar-refractivity contribution in [3.8, 4) is 0 Å². The van der Waals surface area contributed by atoms with E-state index in [-0.39, 0.29) is 18.1 Å². The summed E-state index contributed by atoms with van der Waals surface area (Å²) in [6.45, 7) is 8.33. The molecule has 2 aliphatic heterocycles. The Labute approximate surface area is 132 Å². The molecule has 3 heterocycles. The molecule has 2 aliphatic rings. The Bertz CT molecular complexity index is 470. The van der Waals surface area contributed by atoms with Gasteiger partial charge in [-0.2, -0.15) is 0 Å². The van der Waals surface area contributed by atoms with E-state index in [1.807, 2.05) is 30.9 Å². The van der Waals surface area contributed by atoms with Gasteiger partial charge >= 0.3 is 0 Å². The Hall–Kier alpha value is -1.33. The van der Waals surface area contributed by atoms with E-state index in [1.165, 1.54) is 0 Å². The largest absolute Gasteiger partial charge is 0.468 e. The smallest absolute Gasteiger partial charge is 0.225 e. The molecule has 2 fully saturated rings. The lowest BCUT2D eigenvalue weighted by Gasteiger charge is -2.39. The molecular formula is C17H26N2O3. The summed E-state index contributed by atoms with van der Waals surface area (Å²) in [5.41, 5.74) is 0. The summed E-state index contributed by atoms with van der Waals surface area (Å²) in [5.74, 6) is 1.49. The van der Waals surface area contributed by atoms with Crippen LogP contribution in [0.15, 0.2) is 22.8 Å². The fourth-order valence-corrected chi connectivity index (χ4v) is 3.58. The number of furan rings is 1. The fraction of sp³-hybridized carbons (Fsp3) is 0.706. The Morgan fingerprint density at radius 1 is 1.23 bits per heavy atom. The fourth-order valence-electron chi connectivity index (χ4n) is 3.58. The lowest BCUT2D eigenvalue weighted by Crippen LogP contribution is -2.51. The molecular weight excluding hydrogens is 280 g/mol. The molecule has 2 saturated heterocycles. The predicted octanol–water partition coefficient (Wildman–Crippen LogP) is 2.13. The summed E-state index contributed by atoms with van der Waals surface area (Å²) >= 11 is 0. The first-order valence-corrected chi connectivity index (χ1v) is 8.31. The van der Waals surface area contributed by atoms with Crippen LogP contribution in [0, 0.1) is 5.92 Å². The predicted molar refractivity (Wildman–Crippen MR) is 83.3 cm³/mol. The second-order valence-corrected chi connectivity index (χ2v) is 6.63. The van der Waals surface area contributed by atoms with E-state index in [0.29, 0.717) is 5.91 Å². The molecule has 0 aromatic carbocycles. The normalized spacial score (nSPS) is 28.0. The highest BCUT2D eigenvalue weighted by molar-refractivity contribution is 5.79. The van der Waals surface area contributed by atoms with Crippen LogP contribution in [-0.2, 0) is 16.1 Å². The molecule has 0 aliphatic carbocycles. The Morgan fingerprint density at radius 3 is 2.50 bits per heavy atom. The van der Waals surface area contributed by atoms with Gasteiger partial charge < -0.3 is 14.1 Å². The number of amides is 1. The van der Waals surface area contributed by atoms with Crippen molar-refractivity contribution in [2.24, 2.45) is 5.92 Å². The molecule has 122 valence electrons. The van der Waals surface area contributed by atoms with Gasteiger partial charge in [-0.05, 0) is 51.9 Å². The van der Waals surface area contributed by atoms with Crippen LogP contribution < -0.4 is 0 Å². The minimum Gasteiger partial charge on any atom is -0.468 e. The minimum absolute atomic E-state index is 0.145. The van der Waals surface area contributed by atoms with E-state index in [2.05, 4.69) is 4.90 Å². The van der Waals surface area contributed by atoms with E-state index in [1.54, 1.807) is 6.26 Å². The third-order valence-corrected chi connectivity index (χ3v) is 4.63. The number of rotatable bonds is 3. The van der Waals surface area contributed by atoms with Crippen LogP contribution in [0.2, 0.25) is 0 Å². The first kappa shape index (κ1) is 15.6. The zero-order chi connectivity index (χ0) is 15.5. The van der Waals surface area contributed by atoms with E-state index >= 15 is 0 Å². The van der Waals surface area contributed by atoms with Crippen LogP contribution in [0.25, 0.3) is 0 Å². The summed E-state index contributed by atoms with van der Waals surface area (Å²) in [5, 5.41) is 0. The first-order valence-electron chi connectivity index (χ1n) is 8.31. The molecule has 0 bridgehead atoms. The van der Waals surface area contributed by atoms with Gasteiger partial charge in [0.2, 0.25) is 5.91 Å². The molecule has 22 heavy (non-hydrogen) atoms. The summed E-state index contributed by atoms with van der Waals surface area (Å²) in [6, 6.07) is 3.93. The molecule has 1 aromatic heterocycles.